The van der Waals surface area contributed by atoms with Crippen molar-refractivity contribution in [3.8, 4) is 0 Å². The number of amides is 1. The van der Waals surface area contributed by atoms with E-state index in [0.29, 0.717) is 13.0 Å². The van der Waals surface area contributed by atoms with Crippen LogP contribution in [0.15, 0.2) is 0 Å². The summed E-state index contributed by atoms with van der Waals surface area (Å²) < 4.78 is 0. The monoisotopic (exact) mass is 241 g/mol. The number of nitrogens with zero attached hydrogens (tertiary/aromatic N) is 1. The van der Waals surface area contributed by atoms with Crippen molar-refractivity contribution in [3.63, 3.8) is 0 Å². The van der Waals surface area contributed by atoms with Gasteiger partial charge in [0.15, 0.2) is 0 Å². The lowest BCUT2D eigenvalue weighted by Gasteiger charge is -2.46. The SMILES string of the molecule is CCCN(CCC(N)=O)C1(CN)CCCCC1. The fraction of sp³-hybridized carbons (Fsp3) is 0.923. The van der Waals surface area contributed by atoms with Gasteiger partial charge in [0.2, 0.25) is 5.91 Å². The average molecular weight is 241 g/mol. The molecule has 0 aromatic heterocycles. The second-order valence-corrected chi connectivity index (χ2v) is 5.19. The molecule has 4 heteroatoms. The predicted octanol–water partition coefficient (Wildman–Crippen LogP) is 1.24. The Bertz CT molecular complexity index is 237. The van der Waals surface area contributed by atoms with E-state index in [1.807, 2.05) is 0 Å². The van der Waals surface area contributed by atoms with Gasteiger partial charge in [-0.15, -0.1) is 0 Å². The van der Waals surface area contributed by atoms with E-state index in [4.69, 9.17) is 11.5 Å². The number of carbonyl (C=O) groups is 1. The van der Waals surface area contributed by atoms with E-state index >= 15 is 0 Å². The van der Waals surface area contributed by atoms with Gasteiger partial charge in [-0.2, -0.15) is 0 Å². The maximum Gasteiger partial charge on any atom is 0.218 e. The smallest absolute Gasteiger partial charge is 0.218 e. The Balaban J connectivity index is 2.66. The number of hydrogen-bond donors (Lipinski definition) is 2. The number of rotatable bonds is 7. The summed E-state index contributed by atoms with van der Waals surface area (Å²) >= 11 is 0. The van der Waals surface area contributed by atoms with Crippen molar-refractivity contribution in [1.29, 1.82) is 0 Å². The van der Waals surface area contributed by atoms with Gasteiger partial charge in [-0.1, -0.05) is 26.2 Å². The van der Waals surface area contributed by atoms with Crippen LogP contribution in [0.25, 0.3) is 0 Å². The summed E-state index contributed by atoms with van der Waals surface area (Å²) in [5.74, 6) is -0.214. The van der Waals surface area contributed by atoms with Gasteiger partial charge in [0.05, 0.1) is 0 Å². The number of carbonyl (C=O) groups excluding carboxylic acids is 1. The predicted molar refractivity (Wildman–Crippen MR) is 70.5 cm³/mol. The maximum atomic E-state index is 10.9. The summed E-state index contributed by atoms with van der Waals surface area (Å²) in [6.07, 6.45) is 7.71. The highest BCUT2D eigenvalue weighted by molar-refractivity contribution is 5.73. The maximum absolute atomic E-state index is 10.9. The van der Waals surface area contributed by atoms with E-state index in [2.05, 4.69) is 11.8 Å². The molecule has 0 saturated heterocycles. The molecule has 1 fully saturated rings. The Morgan fingerprint density at radius 3 is 2.35 bits per heavy atom. The Morgan fingerprint density at radius 1 is 1.24 bits per heavy atom. The van der Waals surface area contributed by atoms with Crippen LogP contribution in [0.3, 0.4) is 0 Å². The van der Waals surface area contributed by atoms with E-state index in [9.17, 15) is 4.79 Å². The van der Waals surface area contributed by atoms with Crippen LogP contribution in [-0.2, 0) is 4.79 Å². The van der Waals surface area contributed by atoms with Gasteiger partial charge in [0.25, 0.3) is 0 Å². The van der Waals surface area contributed by atoms with Gasteiger partial charge in [-0.3, -0.25) is 9.69 Å². The van der Waals surface area contributed by atoms with E-state index in [-0.39, 0.29) is 11.4 Å². The van der Waals surface area contributed by atoms with Crippen LogP contribution >= 0.6 is 0 Å². The summed E-state index contributed by atoms with van der Waals surface area (Å²) in [6.45, 7) is 4.65. The molecule has 100 valence electrons. The summed E-state index contributed by atoms with van der Waals surface area (Å²) in [6, 6.07) is 0. The molecule has 4 N–H and O–H groups in total. The van der Waals surface area contributed by atoms with Crippen LogP contribution < -0.4 is 11.5 Å². The van der Waals surface area contributed by atoms with Crippen LogP contribution in [-0.4, -0.2) is 36.0 Å². The minimum atomic E-state index is -0.214. The van der Waals surface area contributed by atoms with Gasteiger partial charge in [0.1, 0.15) is 0 Å². The van der Waals surface area contributed by atoms with Crippen LogP contribution in [0.4, 0.5) is 0 Å². The molecule has 1 rings (SSSR count). The molecule has 17 heavy (non-hydrogen) atoms. The Labute approximate surface area is 105 Å². The molecule has 0 aromatic rings. The third-order valence-corrected chi connectivity index (χ3v) is 3.96. The zero-order chi connectivity index (χ0) is 12.7. The minimum absolute atomic E-state index is 0.129. The van der Waals surface area contributed by atoms with E-state index in [1.165, 1.54) is 32.1 Å². The second-order valence-electron chi connectivity index (χ2n) is 5.19. The van der Waals surface area contributed by atoms with Crippen LogP contribution in [0.5, 0.6) is 0 Å². The Hall–Kier alpha value is -0.610. The van der Waals surface area contributed by atoms with E-state index < -0.39 is 0 Å². The first kappa shape index (κ1) is 14.5. The Kier molecular flexibility index (Phi) is 5.92. The molecular formula is C13H27N3O. The van der Waals surface area contributed by atoms with Crippen LogP contribution in [0, 0.1) is 0 Å². The topological polar surface area (TPSA) is 72.3 Å². The highest BCUT2D eigenvalue weighted by Gasteiger charge is 2.36. The van der Waals surface area contributed by atoms with Gasteiger partial charge in [-0.05, 0) is 25.8 Å². The molecule has 0 aliphatic heterocycles. The van der Waals surface area contributed by atoms with E-state index in [1.54, 1.807) is 0 Å². The lowest BCUT2D eigenvalue weighted by Crippen LogP contribution is -2.55. The molecular weight excluding hydrogens is 214 g/mol. The molecule has 0 aromatic carbocycles. The fourth-order valence-corrected chi connectivity index (χ4v) is 2.96. The summed E-state index contributed by atoms with van der Waals surface area (Å²) in [5.41, 5.74) is 11.4. The van der Waals surface area contributed by atoms with Crippen LogP contribution in [0.2, 0.25) is 0 Å². The zero-order valence-electron chi connectivity index (χ0n) is 11.1. The van der Waals surface area contributed by atoms with Crippen molar-refractivity contribution in [2.45, 2.75) is 57.4 Å². The molecule has 0 spiro atoms. The first-order valence-electron chi connectivity index (χ1n) is 6.88. The van der Waals surface area contributed by atoms with Crippen molar-refractivity contribution in [1.82, 2.24) is 4.90 Å². The molecule has 0 unspecified atom stereocenters. The van der Waals surface area contributed by atoms with Crippen molar-refractivity contribution < 1.29 is 4.79 Å². The summed E-state index contributed by atoms with van der Waals surface area (Å²) in [4.78, 5) is 13.4. The molecule has 1 saturated carbocycles. The molecule has 0 heterocycles. The van der Waals surface area contributed by atoms with E-state index in [0.717, 1.165) is 19.5 Å². The normalized spacial score (nSPS) is 19.5. The highest BCUT2D eigenvalue weighted by Crippen LogP contribution is 2.33. The van der Waals surface area contributed by atoms with Crippen molar-refractivity contribution in [2.24, 2.45) is 11.5 Å². The third kappa shape index (κ3) is 3.96. The average Bonchev–Trinajstić information content (AvgIpc) is 2.35. The molecule has 1 aliphatic rings. The van der Waals surface area contributed by atoms with Gasteiger partial charge in [0, 0.05) is 25.0 Å². The summed E-state index contributed by atoms with van der Waals surface area (Å²) in [5, 5.41) is 0. The van der Waals surface area contributed by atoms with Crippen LogP contribution in [0.1, 0.15) is 51.9 Å². The van der Waals surface area contributed by atoms with Gasteiger partial charge >= 0.3 is 0 Å². The standard InChI is InChI=1S/C13H27N3O/c1-2-9-16(10-6-12(15)17)13(11-14)7-4-3-5-8-13/h2-11,14H2,1H3,(H2,15,17). The zero-order valence-corrected chi connectivity index (χ0v) is 11.1. The fourth-order valence-electron chi connectivity index (χ4n) is 2.96. The quantitative estimate of drug-likeness (QED) is 0.704. The molecule has 1 amide bonds. The molecule has 0 bridgehead atoms. The first-order valence-corrected chi connectivity index (χ1v) is 6.88. The van der Waals surface area contributed by atoms with Gasteiger partial charge in [-0.25, -0.2) is 0 Å². The van der Waals surface area contributed by atoms with Gasteiger partial charge < -0.3 is 11.5 Å². The Morgan fingerprint density at radius 2 is 1.88 bits per heavy atom. The van der Waals surface area contributed by atoms with Crippen molar-refractivity contribution in [2.75, 3.05) is 19.6 Å². The molecule has 0 atom stereocenters. The number of nitrogens with two attached hydrogens (primary N) is 2. The van der Waals surface area contributed by atoms with Crippen molar-refractivity contribution >= 4 is 5.91 Å². The molecule has 4 nitrogen and oxygen atoms in total. The second kappa shape index (κ2) is 6.97. The molecule has 0 radical (unpaired) electrons. The lowest BCUT2D eigenvalue weighted by atomic mass is 9.80. The highest BCUT2D eigenvalue weighted by atomic mass is 16.1. The number of primary amides is 1. The largest absolute Gasteiger partial charge is 0.370 e. The lowest BCUT2D eigenvalue weighted by molar-refractivity contribution is -0.118. The third-order valence-electron chi connectivity index (χ3n) is 3.96. The molecule has 1 aliphatic carbocycles. The number of hydrogen-bond acceptors (Lipinski definition) is 3. The minimum Gasteiger partial charge on any atom is -0.370 e. The van der Waals surface area contributed by atoms with Crippen molar-refractivity contribution in [3.05, 3.63) is 0 Å². The first-order chi connectivity index (χ1) is 8.14. The summed E-state index contributed by atoms with van der Waals surface area (Å²) in [7, 11) is 0.